The highest BCUT2D eigenvalue weighted by Crippen LogP contribution is 2.17. The van der Waals surface area contributed by atoms with Gasteiger partial charge in [-0.3, -0.25) is 4.79 Å². The predicted octanol–water partition coefficient (Wildman–Crippen LogP) is 2.83. The van der Waals surface area contributed by atoms with Gasteiger partial charge in [-0.15, -0.1) is 0 Å². The van der Waals surface area contributed by atoms with Crippen LogP contribution in [0, 0.1) is 5.82 Å². The molecule has 0 aliphatic rings. The fourth-order valence-electron chi connectivity index (χ4n) is 2.60. The Kier molecular flexibility index (Phi) is 6.64. The van der Waals surface area contributed by atoms with E-state index in [1.54, 1.807) is 12.1 Å². The summed E-state index contributed by atoms with van der Waals surface area (Å²) in [6, 6.07) is 5.89. The first-order valence-electron chi connectivity index (χ1n) is 8.61. The molecular formula is C18H25FN4O2. The molecular weight excluding hydrogens is 323 g/mol. The standard InChI is InChI=1S/C18H25FN4O2/c1-3-18(4-2,12-20)22-15(24)6-5-7-16-21-17(23-25-16)13-8-10-14(19)11-9-13/h8-11H,3-7,12,20H2,1-2H3,(H,22,24). The minimum absolute atomic E-state index is 0.0209. The van der Waals surface area contributed by atoms with E-state index in [1.807, 2.05) is 13.8 Å². The van der Waals surface area contributed by atoms with Gasteiger partial charge >= 0.3 is 0 Å². The van der Waals surface area contributed by atoms with Gasteiger partial charge in [0.2, 0.25) is 17.6 Å². The van der Waals surface area contributed by atoms with Gasteiger partial charge in [0.05, 0.1) is 5.54 Å². The topological polar surface area (TPSA) is 94.0 Å². The normalized spacial score (nSPS) is 11.5. The molecule has 0 fully saturated rings. The van der Waals surface area contributed by atoms with Crippen LogP contribution >= 0.6 is 0 Å². The number of carbonyl (C=O) groups is 1. The number of benzene rings is 1. The number of halogens is 1. The van der Waals surface area contributed by atoms with Crippen LogP contribution in [-0.4, -0.2) is 28.1 Å². The maximum Gasteiger partial charge on any atom is 0.226 e. The largest absolute Gasteiger partial charge is 0.349 e. The smallest absolute Gasteiger partial charge is 0.226 e. The molecule has 136 valence electrons. The first-order valence-corrected chi connectivity index (χ1v) is 8.61. The van der Waals surface area contributed by atoms with E-state index in [0.29, 0.717) is 43.1 Å². The lowest BCUT2D eigenvalue weighted by atomic mass is 9.92. The molecule has 0 aliphatic heterocycles. The molecule has 25 heavy (non-hydrogen) atoms. The number of hydrogen-bond acceptors (Lipinski definition) is 5. The van der Waals surface area contributed by atoms with E-state index >= 15 is 0 Å². The number of aromatic nitrogens is 2. The number of carbonyl (C=O) groups excluding carboxylic acids is 1. The summed E-state index contributed by atoms with van der Waals surface area (Å²) in [5.41, 5.74) is 6.16. The van der Waals surface area contributed by atoms with Gasteiger partial charge < -0.3 is 15.6 Å². The number of nitrogens with two attached hydrogens (primary N) is 1. The fourth-order valence-corrected chi connectivity index (χ4v) is 2.60. The summed E-state index contributed by atoms with van der Waals surface area (Å²) < 4.78 is 18.1. The molecule has 1 aromatic carbocycles. The maximum absolute atomic E-state index is 12.9. The summed E-state index contributed by atoms with van der Waals surface area (Å²) in [4.78, 5) is 16.4. The van der Waals surface area contributed by atoms with Crippen LogP contribution in [0.25, 0.3) is 11.4 Å². The van der Waals surface area contributed by atoms with E-state index in [4.69, 9.17) is 10.3 Å². The van der Waals surface area contributed by atoms with Crippen molar-refractivity contribution in [1.82, 2.24) is 15.5 Å². The van der Waals surface area contributed by atoms with E-state index < -0.39 is 0 Å². The molecule has 0 saturated carbocycles. The van der Waals surface area contributed by atoms with Crippen LogP contribution in [0.4, 0.5) is 4.39 Å². The number of hydrogen-bond donors (Lipinski definition) is 2. The third kappa shape index (κ3) is 5.09. The molecule has 0 unspecified atom stereocenters. The highest BCUT2D eigenvalue weighted by atomic mass is 19.1. The molecule has 0 bridgehead atoms. The first kappa shape index (κ1) is 19.1. The minimum atomic E-state index is -0.322. The number of amides is 1. The molecule has 1 aromatic heterocycles. The second-order valence-corrected chi connectivity index (χ2v) is 6.11. The Hall–Kier alpha value is -2.28. The van der Waals surface area contributed by atoms with Crippen LogP contribution in [0.3, 0.4) is 0 Å². The maximum atomic E-state index is 12.9. The number of nitrogens with zero attached hydrogens (tertiary/aromatic N) is 2. The Balaban J connectivity index is 1.84. The van der Waals surface area contributed by atoms with Crippen LogP contribution < -0.4 is 11.1 Å². The highest BCUT2D eigenvalue weighted by molar-refractivity contribution is 5.76. The lowest BCUT2D eigenvalue weighted by Crippen LogP contribution is -2.52. The van der Waals surface area contributed by atoms with Gasteiger partial charge in [0, 0.05) is 24.9 Å². The Morgan fingerprint density at radius 3 is 2.56 bits per heavy atom. The van der Waals surface area contributed by atoms with E-state index in [9.17, 15) is 9.18 Å². The van der Waals surface area contributed by atoms with Crippen molar-refractivity contribution in [2.75, 3.05) is 6.54 Å². The Labute approximate surface area is 147 Å². The van der Waals surface area contributed by atoms with Crippen molar-refractivity contribution >= 4 is 5.91 Å². The molecule has 0 spiro atoms. The summed E-state index contributed by atoms with van der Waals surface area (Å²) in [6.45, 7) is 4.47. The summed E-state index contributed by atoms with van der Waals surface area (Å²) in [5, 5.41) is 6.92. The molecule has 0 aliphatic carbocycles. The number of aryl methyl sites for hydroxylation is 1. The van der Waals surface area contributed by atoms with E-state index in [0.717, 1.165) is 12.8 Å². The van der Waals surface area contributed by atoms with Gasteiger partial charge in [0.1, 0.15) is 5.82 Å². The lowest BCUT2D eigenvalue weighted by Gasteiger charge is -2.31. The van der Waals surface area contributed by atoms with E-state index in [2.05, 4.69) is 15.5 Å². The minimum Gasteiger partial charge on any atom is -0.349 e. The van der Waals surface area contributed by atoms with Gasteiger partial charge in [-0.1, -0.05) is 19.0 Å². The molecule has 0 atom stereocenters. The van der Waals surface area contributed by atoms with Crippen molar-refractivity contribution in [1.29, 1.82) is 0 Å². The van der Waals surface area contributed by atoms with Gasteiger partial charge in [0.25, 0.3) is 0 Å². The third-order valence-electron chi connectivity index (χ3n) is 4.51. The average Bonchev–Trinajstić information content (AvgIpc) is 3.09. The van der Waals surface area contributed by atoms with Crippen LogP contribution in [-0.2, 0) is 11.2 Å². The van der Waals surface area contributed by atoms with Crippen LogP contribution in [0.5, 0.6) is 0 Å². The quantitative estimate of drug-likeness (QED) is 0.727. The van der Waals surface area contributed by atoms with Crippen molar-refractivity contribution in [3.63, 3.8) is 0 Å². The first-order chi connectivity index (χ1) is 12.0. The van der Waals surface area contributed by atoms with Crippen molar-refractivity contribution in [2.45, 2.75) is 51.5 Å². The Morgan fingerprint density at radius 2 is 1.96 bits per heavy atom. The molecule has 7 heteroatoms. The van der Waals surface area contributed by atoms with E-state index in [1.165, 1.54) is 12.1 Å². The Morgan fingerprint density at radius 1 is 1.28 bits per heavy atom. The van der Waals surface area contributed by atoms with Crippen molar-refractivity contribution in [3.05, 3.63) is 36.0 Å². The number of rotatable bonds is 9. The van der Waals surface area contributed by atoms with Gasteiger partial charge in [0.15, 0.2) is 0 Å². The summed E-state index contributed by atoms with van der Waals surface area (Å²) in [6.07, 6.45) is 3.09. The molecule has 1 heterocycles. The fraction of sp³-hybridized carbons (Fsp3) is 0.500. The van der Waals surface area contributed by atoms with Crippen LogP contribution in [0.1, 0.15) is 45.4 Å². The summed E-state index contributed by atoms with van der Waals surface area (Å²) in [5.74, 6) is 0.542. The molecule has 2 rings (SSSR count). The average molecular weight is 348 g/mol. The molecule has 1 amide bonds. The Bertz CT molecular complexity index is 672. The molecule has 3 N–H and O–H groups in total. The zero-order valence-corrected chi connectivity index (χ0v) is 14.7. The summed E-state index contributed by atoms with van der Waals surface area (Å²) in [7, 11) is 0. The predicted molar refractivity (Wildman–Crippen MR) is 93.1 cm³/mol. The number of nitrogens with one attached hydrogen (secondary N) is 1. The van der Waals surface area contributed by atoms with Crippen molar-refractivity contribution in [3.8, 4) is 11.4 Å². The highest BCUT2D eigenvalue weighted by Gasteiger charge is 2.25. The molecule has 6 nitrogen and oxygen atoms in total. The van der Waals surface area contributed by atoms with Crippen LogP contribution in [0.2, 0.25) is 0 Å². The van der Waals surface area contributed by atoms with E-state index in [-0.39, 0.29) is 17.3 Å². The zero-order chi connectivity index (χ0) is 18.3. The van der Waals surface area contributed by atoms with Crippen LogP contribution in [0.15, 0.2) is 28.8 Å². The summed E-state index contributed by atoms with van der Waals surface area (Å²) >= 11 is 0. The molecule has 0 radical (unpaired) electrons. The van der Waals surface area contributed by atoms with Gasteiger partial charge in [-0.25, -0.2) is 4.39 Å². The molecule has 0 saturated heterocycles. The monoisotopic (exact) mass is 348 g/mol. The van der Waals surface area contributed by atoms with Gasteiger partial charge in [-0.2, -0.15) is 4.98 Å². The van der Waals surface area contributed by atoms with Crippen molar-refractivity contribution < 1.29 is 13.7 Å². The lowest BCUT2D eigenvalue weighted by molar-refractivity contribution is -0.123. The van der Waals surface area contributed by atoms with Gasteiger partial charge in [-0.05, 0) is 43.5 Å². The molecule has 2 aromatic rings. The van der Waals surface area contributed by atoms with Crippen molar-refractivity contribution in [2.24, 2.45) is 5.73 Å². The zero-order valence-electron chi connectivity index (χ0n) is 14.7. The SMILES string of the molecule is CCC(CC)(CN)NC(=O)CCCc1nc(-c2ccc(F)cc2)no1. The second kappa shape index (κ2) is 8.71. The second-order valence-electron chi connectivity index (χ2n) is 6.11. The third-order valence-corrected chi connectivity index (χ3v) is 4.51.